The SMILES string of the molecule is COCC(C)NC(=O)CCCOc1ccc2c(c1)CCC(=O)N2. The first-order chi connectivity index (χ1) is 11.1. The number of amides is 2. The van der Waals surface area contributed by atoms with E-state index in [1.54, 1.807) is 7.11 Å². The van der Waals surface area contributed by atoms with Crippen LogP contribution in [0.3, 0.4) is 0 Å². The van der Waals surface area contributed by atoms with E-state index >= 15 is 0 Å². The molecule has 6 heteroatoms. The zero-order valence-corrected chi connectivity index (χ0v) is 13.7. The molecule has 0 saturated heterocycles. The van der Waals surface area contributed by atoms with Gasteiger partial charge in [-0.05, 0) is 43.5 Å². The molecule has 1 aromatic rings. The molecular weight excluding hydrogens is 296 g/mol. The Morgan fingerprint density at radius 3 is 3.00 bits per heavy atom. The highest BCUT2D eigenvalue weighted by Gasteiger charge is 2.15. The summed E-state index contributed by atoms with van der Waals surface area (Å²) < 4.78 is 10.7. The summed E-state index contributed by atoms with van der Waals surface area (Å²) in [6.45, 7) is 2.90. The highest BCUT2D eigenvalue weighted by atomic mass is 16.5. The van der Waals surface area contributed by atoms with Crippen molar-refractivity contribution >= 4 is 17.5 Å². The number of carbonyl (C=O) groups is 2. The first-order valence-corrected chi connectivity index (χ1v) is 7.92. The molecule has 0 saturated carbocycles. The van der Waals surface area contributed by atoms with Gasteiger partial charge < -0.3 is 20.1 Å². The Hall–Kier alpha value is -2.08. The number of hydrogen-bond acceptors (Lipinski definition) is 4. The second-order valence-electron chi connectivity index (χ2n) is 5.74. The van der Waals surface area contributed by atoms with E-state index in [2.05, 4.69) is 10.6 Å². The summed E-state index contributed by atoms with van der Waals surface area (Å²) in [7, 11) is 1.61. The van der Waals surface area contributed by atoms with Crippen LogP contribution in [0.5, 0.6) is 5.75 Å². The summed E-state index contributed by atoms with van der Waals surface area (Å²) in [5.41, 5.74) is 1.95. The molecule has 1 aliphatic rings. The van der Waals surface area contributed by atoms with Gasteiger partial charge in [-0.3, -0.25) is 9.59 Å². The minimum atomic E-state index is 0.00584. The third-order valence-electron chi connectivity index (χ3n) is 3.61. The molecule has 0 fully saturated rings. The van der Waals surface area contributed by atoms with Crippen LogP contribution in [-0.2, 0) is 20.7 Å². The maximum absolute atomic E-state index is 11.7. The van der Waals surface area contributed by atoms with Gasteiger partial charge in [0.15, 0.2) is 0 Å². The van der Waals surface area contributed by atoms with Crippen molar-refractivity contribution in [3.05, 3.63) is 23.8 Å². The lowest BCUT2D eigenvalue weighted by atomic mass is 10.0. The molecule has 2 amide bonds. The lowest BCUT2D eigenvalue weighted by Gasteiger charge is -2.17. The van der Waals surface area contributed by atoms with Crippen molar-refractivity contribution in [3.63, 3.8) is 0 Å². The summed E-state index contributed by atoms with van der Waals surface area (Å²) in [6, 6.07) is 5.67. The molecule has 0 aromatic heterocycles. The maximum atomic E-state index is 11.7. The van der Waals surface area contributed by atoms with Crippen molar-refractivity contribution < 1.29 is 19.1 Å². The summed E-state index contributed by atoms with van der Waals surface area (Å²) in [5.74, 6) is 0.833. The molecule has 6 nitrogen and oxygen atoms in total. The van der Waals surface area contributed by atoms with Gasteiger partial charge in [0.25, 0.3) is 0 Å². The first kappa shape index (κ1) is 17.3. The summed E-state index contributed by atoms with van der Waals surface area (Å²) >= 11 is 0. The van der Waals surface area contributed by atoms with Gasteiger partial charge >= 0.3 is 0 Å². The zero-order chi connectivity index (χ0) is 16.7. The number of nitrogens with one attached hydrogen (secondary N) is 2. The fraction of sp³-hybridized carbons (Fsp3) is 0.529. The van der Waals surface area contributed by atoms with Crippen molar-refractivity contribution in [1.29, 1.82) is 0 Å². The second kappa shape index (κ2) is 8.53. The summed E-state index contributed by atoms with van der Waals surface area (Å²) in [5, 5.41) is 5.70. The van der Waals surface area contributed by atoms with E-state index in [1.165, 1.54) is 0 Å². The number of benzene rings is 1. The van der Waals surface area contributed by atoms with Crippen molar-refractivity contribution in [2.75, 3.05) is 25.6 Å². The Balaban J connectivity index is 1.70. The highest BCUT2D eigenvalue weighted by Crippen LogP contribution is 2.26. The Kier molecular flexibility index (Phi) is 6.40. The lowest BCUT2D eigenvalue weighted by molar-refractivity contribution is -0.122. The number of hydrogen-bond donors (Lipinski definition) is 2. The van der Waals surface area contributed by atoms with E-state index in [4.69, 9.17) is 9.47 Å². The third kappa shape index (κ3) is 5.56. The second-order valence-corrected chi connectivity index (χ2v) is 5.74. The van der Waals surface area contributed by atoms with Crippen LogP contribution in [0.4, 0.5) is 5.69 Å². The molecule has 0 spiro atoms. The number of carbonyl (C=O) groups excluding carboxylic acids is 2. The number of methoxy groups -OCH3 is 1. The molecule has 0 bridgehead atoms. The minimum Gasteiger partial charge on any atom is -0.494 e. The predicted molar refractivity (Wildman–Crippen MR) is 87.6 cm³/mol. The van der Waals surface area contributed by atoms with Crippen LogP contribution in [0, 0.1) is 0 Å². The molecule has 1 atom stereocenters. The number of fused-ring (bicyclic) bond motifs is 1. The standard InChI is InChI=1S/C17H24N2O4/c1-12(11-22-2)18-16(20)4-3-9-23-14-6-7-15-13(10-14)5-8-17(21)19-15/h6-7,10,12H,3-5,8-9,11H2,1-2H3,(H,18,20)(H,19,21). The van der Waals surface area contributed by atoms with Gasteiger partial charge in [-0.1, -0.05) is 0 Å². The van der Waals surface area contributed by atoms with Crippen molar-refractivity contribution in [3.8, 4) is 5.75 Å². The molecule has 1 aliphatic heterocycles. The maximum Gasteiger partial charge on any atom is 0.224 e. The highest BCUT2D eigenvalue weighted by molar-refractivity contribution is 5.94. The van der Waals surface area contributed by atoms with E-state index in [0.29, 0.717) is 32.5 Å². The first-order valence-electron chi connectivity index (χ1n) is 7.92. The van der Waals surface area contributed by atoms with Gasteiger partial charge in [-0.2, -0.15) is 0 Å². The van der Waals surface area contributed by atoms with Gasteiger partial charge in [-0.25, -0.2) is 0 Å². The van der Waals surface area contributed by atoms with Crippen LogP contribution in [0.15, 0.2) is 18.2 Å². The van der Waals surface area contributed by atoms with Crippen LogP contribution in [0.25, 0.3) is 0 Å². The lowest BCUT2D eigenvalue weighted by Crippen LogP contribution is -2.35. The predicted octanol–water partition coefficient (Wildman–Crippen LogP) is 1.88. The van der Waals surface area contributed by atoms with Gasteiger partial charge in [0.2, 0.25) is 11.8 Å². The third-order valence-corrected chi connectivity index (χ3v) is 3.61. The van der Waals surface area contributed by atoms with Crippen molar-refractivity contribution in [1.82, 2.24) is 5.32 Å². The van der Waals surface area contributed by atoms with E-state index in [1.807, 2.05) is 25.1 Å². The van der Waals surface area contributed by atoms with Crippen molar-refractivity contribution in [2.24, 2.45) is 0 Å². The molecule has 2 N–H and O–H groups in total. The van der Waals surface area contributed by atoms with Crippen LogP contribution >= 0.6 is 0 Å². The smallest absolute Gasteiger partial charge is 0.224 e. The van der Waals surface area contributed by atoms with Crippen LogP contribution in [0.2, 0.25) is 0 Å². The van der Waals surface area contributed by atoms with Crippen LogP contribution in [-0.4, -0.2) is 38.2 Å². The fourth-order valence-electron chi connectivity index (χ4n) is 2.51. The van der Waals surface area contributed by atoms with Gasteiger partial charge in [0, 0.05) is 31.7 Å². The Morgan fingerprint density at radius 2 is 2.22 bits per heavy atom. The normalized spacial score (nSPS) is 14.6. The van der Waals surface area contributed by atoms with Crippen LogP contribution < -0.4 is 15.4 Å². The number of aryl methyl sites for hydroxylation is 1. The van der Waals surface area contributed by atoms with Gasteiger partial charge in [0.1, 0.15) is 5.75 Å². The molecule has 2 rings (SSSR count). The number of rotatable bonds is 8. The summed E-state index contributed by atoms with van der Waals surface area (Å²) in [4.78, 5) is 23.0. The van der Waals surface area contributed by atoms with E-state index in [-0.39, 0.29) is 17.9 Å². The van der Waals surface area contributed by atoms with E-state index in [0.717, 1.165) is 23.4 Å². The van der Waals surface area contributed by atoms with E-state index in [9.17, 15) is 9.59 Å². The molecule has 0 aliphatic carbocycles. The van der Waals surface area contributed by atoms with Crippen molar-refractivity contribution in [2.45, 2.75) is 38.6 Å². The molecule has 23 heavy (non-hydrogen) atoms. The topological polar surface area (TPSA) is 76.7 Å². The number of anilines is 1. The quantitative estimate of drug-likeness (QED) is 0.717. The Labute approximate surface area is 136 Å². The Bertz CT molecular complexity index is 560. The van der Waals surface area contributed by atoms with Gasteiger partial charge in [-0.15, -0.1) is 0 Å². The average molecular weight is 320 g/mol. The van der Waals surface area contributed by atoms with Gasteiger partial charge in [0.05, 0.1) is 13.2 Å². The molecule has 1 heterocycles. The Morgan fingerprint density at radius 1 is 1.39 bits per heavy atom. The monoisotopic (exact) mass is 320 g/mol. The molecule has 126 valence electrons. The van der Waals surface area contributed by atoms with Crippen LogP contribution in [0.1, 0.15) is 31.7 Å². The largest absolute Gasteiger partial charge is 0.494 e. The molecule has 1 aromatic carbocycles. The molecule has 1 unspecified atom stereocenters. The number of ether oxygens (including phenoxy) is 2. The zero-order valence-electron chi connectivity index (χ0n) is 13.7. The average Bonchev–Trinajstić information content (AvgIpc) is 2.51. The molecule has 0 radical (unpaired) electrons. The fourth-order valence-corrected chi connectivity index (χ4v) is 2.51. The minimum absolute atomic E-state index is 0.00584. The van der Waals surface area contributed by atoms with E-state index < -0.39 is 0 Å². The summed E-state index contributed by atoms with van der Waals surface area (Å²) in [6.07, 6.45) is 2.32. The molecular formula is C17H24N2O4.